The van der Waals surface area contributed by atoms with E-state index < -0.39 is 17.8 Å². The highest BCUT2D eigenvalue weighted by Crippen LogP contribution is 2.36. The molecule has 0 aromatic heterocycles. The van der Waals surface area contributed by atoms with Crippen LogP contribution in [0.1, 0.15) is 0 Å². The molecule has 8 heteroatoms. The average Bonchev–Trinajstić information content (AvgIpc) is 1.76. The Bertz CT molecular complexity index is 263. The molecule has 0 aromatic rings. The maximum absolute atomic E-state index is 10.8. The lowest BCUT2D eigenvalue weighted by Gasteiger charge is -2.06. The summed E-state index contributed by atoms with van der Waals surface area (Å²) in [5.74, 6) is 0. The number of rotatable bonds is 5. The van der Waals surface area contributed by atoms with Crippen LogP contribution in [0.25, 0.3) is 0 Å². The van der Waals surface area contributed by atoms with Crippen LogP contribution in [0, 0.1) is 0 Å². The van der Waals surface area contributed by atoms with E-state index in [1.807, 2.05) is 0 Å². The van der Waals surface area contributed by atoms with Gasteiger partial charge in [0, 0.05) is 13.3 Å². The Morgan fingerprint density at radius 2 is 1.83 bits per heavy atom. The Morgan fingerprint density at radius 3 is 2.17 bits per heavy atom. The van der Waals surface area contributed by atoms with Gasteiger partial charge in [-0.15, -0.1) is 0 Å². The van der Waals surface area contributed by atoms with Crippen LogP contribution in [0.4, 0.5) is 0 Å². The molecule has 6 nitrogen and oxygen atoms in total. The van der Waals surface area contributed by atoms with Gasteiger partial charge in [-0.2, -0.15) is 8.42 Å². The standard InChI is InChI=1S/C4H11O6PS/c1-11(2,5)9-3-4-10-12(6,7)8/h3-4H2,1-2H3,(H,6,7,8). The van der Waals surface area contributed by atoms with E-state index in [1.54, 1.807) is 0 Å². The molecular weight excluding hydrogens is 207 g/mol. The molecule has 0 amide bonds. The van der Waals surface area contributed by atoms with E-state index in [2.05, 4.69) is 8.71 Å². The van der Waals surface area contributed by atoms with Gasteiger partial charge in [0.1, 0.15) is 0 Å². The van der Waals surface area contributed by atoms with Gasteiger partial charge < -0.3 is 4.52 Å². The molecule has 0 saturated carbocycles. The lowest BCUT2D eigenvalue weighted by molar-refractivity contribution is 0.204. The summed E-state index contributed by atoms with van der Waals surface area (Å²) in [4.78, 5) is 0. The second-order valence-corrected chi connectivity index (χ2v) is 6.19. The van der Waals surface area contributed by atoms with Crippen molar-refractivity contribution in [1.29, 1.82) is 0 Å². The first kappa shape index (κ1) is 12.1. The van der Waals surface area contributed by atoms with E-state index in [-0.39, 0.29) is 13.2 Å². The predicted octanol–water partition coefficient (Wildman–Crippen LogP) is 0.360. The number of hydrogen-bond donors (Lipinski definition) is 1. The van der Waals surface area contributed by atoms with E-state index in [1.165, 1.54) is 13.3 Å². The van der Waals surface area contributed by atoms with Crippen molar-refractivity contribution in [3.8, 4) is 0 Å². The first-order valence-corrected chi connectivity index (χ1v) is 6.90. The fraction of sp³-hybridized carbons (Fsp3) is 1.00. The minimum absolute atomic E-state index is 0.135. The Morgan fingerprint density at radius 1 is 1.33 bits per heavy atom. The molecular formula is C4H11O6PS. The summed E-state index contributed by atoms with van der Waals surface area (Å²) >= 11 is 0. The second-order valence-electron chi connectivity index (χ2n) is 2.33. The van der Waals surface area contributed by atoms with Crippen molar-refractivity contribution in [2.24, 2.45) is 0 Å². The van der Waals surface area contributed by atoms with Crippen LogP contribution >= 0.6 is 7.37 Å². The molecule has 0 fully saturated rings. The highest BCUT2D eigenvalue weighted by molar-refractivity contribution is 7.80. The Balaban J connectivity index is 3.55. The van der Waals surface area contributed by atoms with Crippen molar-refractivity contribution >= 4 is 17.8 Å². The zero-order valence-corrected chi connectivity index (χ0v) is 8.47. The van der Waals surface area contributed by atoms with Crippen molar-refractivity contribution in [3.05, 3.63) is 0 Å². The SMILES string of the molecule is CP(C)(=O)OCCOS(=O)(=O)O. The van der Waals surface area contributed by atoms with Crippen LogP contribution in [-0.4, -0.2) is 39.5 Å². The van der Waals surface area contributed by atoms with Crippen LogP contribution in [0.2, 0.25) is 0 Å². The molecule has 0 saturated heterocycles. The summed E-state index contributed by atoms with van der Waals surface area (Å²) in [6, 6.07) is 0. The Labute approximate surface area is 71.3 Å². The van der Waals surface area contributed by atoms with Gasteiger partial charge in [-0.25, -0.2) is 4.18 Å². The van der Waals surface area contributed by atoms with Crippen molar-refractivity contribution in [3.63, 3.8) is 0 Å². The first-order chi connectivity index (χ1) is 5.21. The molecule has 0 heterocycles. The zero-order valence-electron chi connectivity index (χ0n) is 6.76. The van der Waals surface area contributed by atoms with Gasteiger partial charge in [0.05, 0.1) is 13.2 Å². The molecule has 0 aliphatic carbocycles. The number of hydrogen-bond acceptors (Lipinski definition) is 5. The molecule has 0 spiro atoms. The van der Waals surface area contributed by atoms with Crippen molar-refractivity contribution < 1.29 is 26.2 Å². The van der Waals surface area contributed by atoms with E-state index in [4.69, 9.17) is 4.55 Å². The molecule has 0 aromatic carbocycles. The fourth-order valence-electron chi connectivity index (χ4n) is 0.396. The first-order valence-electron chi connectivity index (χ1n) is 3.02. The van der Waals surface area contributed by atoms with Crippen molar-refractivity contribution in [2.45, 2.75) is 0 Å². The van der Waals surface area contributed by atoms with Gasteiger partial charge in [0.15, 0.2) is 7.37 Å². The normalized spacial score (nSPS) is 13.2. The lowest BCUT2D eigenvalue weighted by Crippen LogP contribution is -2.09. The summed E-state index contributed by atoms with van der Waals surface area (Å²) < 4.78 is 47.4. The molecule has 0 aliphatic heterocycles. The van der Waals surface area contributed by atoms with Crippen LogP contribution in [-0.2, 0) is 23.7 Å². The Hall–Kier alpha value is 0.0600. The maximum Gasteiger partial charge on any atom is 0.397 e. The molecule has 0 bridgehead atoms. The van der Waals surface area contributed by atoms with E-state index in [9.17, 15) is 13.0 Å². The quantitative estimate of drug-likeness (QED) is 0.407. The van der Waals surface area contributed by atoms with Gasteiger partial charge >= 0.3 is 10.4 Å². The third-order valence-corrected chi connectivity index (χ3v) is 1.99. The molecule has 1 N–H and O–H groups in total. The summed E-state index contributed by atoms with van der Waals surface area (Å²) in [6.45, 7) is 2.30. The maximum atomic E-state index is 10.8. The molecule has 0 aliphatic rings. The van der Waals surface area contributed by atoms with Gasteiger partial charge in [-0.3, -0.25) is 9.12 Å². The van der Waals surface area contributed by atoms with E-state index >= 15 is 0 Å². The predicted molar refractivity (Wildman–Crippen MR) is 42.9 cm³/mol. The fourth-order valence-corrected chi connectivity index (χ4v) is 1.19. The molecule has 0 unspecified atom stereocenters. The summed E-state index contributed by atoms with van der Waals surface area (Å²) in [6.07, 6.45) is 0. The van der Waals surface area contributed by atoms with Crippen LogP contribution in [0.5, 0.6) is 0 Å². The van der Waals surface area contributed by atoms with Gasteiger partial charge in [0.2, 0.25) is 0 Å². The van der Waals surface area contributed by atoms with Crippen LogP contribution in [0.15, 0.2) is 0 Å². The molecule has 12 heavy (non-hydrogen) atoms. The van der Waals surface area contributed by atoms with Gasteiger partial charge in [-0.1, -0.05) is 0 Å². The third-order valence-electron chi connectivity index (χ3n) is 0.718. The second kappa shape index (κ2) is 4.34. The van der Waals surface area contributed by atoms with E-state index in [0.29, 0.717) is 0 Å². The van der Waals surface area contributed by atoms with Gasteiger partial charge in [0.25, 0.3) is 0 Å². The average molecular weight is 218 g/mol. The molecule has 74 valence electrons. The van der Waals surface area contributed by atoms with Crippen molar-refractivity contribution in [2.75, 3.05) is 26.5 Å². The minimum atomic E-state index is -4.41. The van der Waals surface area contributed by atoms with E-state index in [0.717, 1.165) is 0 Å². The zero-order chi connectivity index (χ0) is 9.83. The third kappa shape index (κ3) is 10.1. The largest absolute Gasteiger partial charge is 0.397 e. The monoisotopic (exact) mass is 218 g/mol. The highest BCUT2D eigenvalue weighted by atomic mass is 32.3. The highest BCUT2D eigenvalue weighted by Gasteiger charge is 2.08. The topological polar surface area (TPSA) is 89.9 Å². The summed E-state index contributed by atoms with van der Waals surface area (Å²) in [5, 5.41) is 0. The molecule has 0 radical (unpaired) electrons. The molecule has 0 atom stereocenters. The minimum Gasteiger partial charge on any atom is -0.326 e. The smallest absolute Gasteiger partial charge is 0.326 e. The van der Waals surface area contributed by atoms with Crippen LogP contribution < -0.4 is 0 Å². The molecule has 0 rings (SSSR count). The summed E-state index contributed by atoms with van der Waals surface area (Å²) in [7, 11) is -7.02. The van der Waals surface area contributed by atoms with Gasteiger partial charge in [-0.05, 0) is 0 Å². The Kier molecular flexibility index (Phi) is 4.36. The summed E-state index contributed by atoms with van der Waals surface area (Å²) in [5.41, 5.74) is 0. The van der Waals surface area contributed by atoms with Crippen molar-refractivity contribution in [1.82, 2.24) is 0 Å². The lowest BCUT2D eigenvalue weighted by atomic mass is 10.8. The van der Waals surface area contributed by atoms with Crippen LogP contribution in [0.3, 0.4) is 0 Å².